The van der Waals surface area contributed by atoms with E-state index in [0.717, 1.165) is 13.1 Å². The van der Waals surface area contributed by atoms with Crippen molar-refractivity contribution in [1.82, 2.24) is 0 Å². The van der Waals surface area contributed by atoms with Crippen molar-refractivity contribution in [2.75, 3.05) is 0 Å². The van der Waals surface area contributed by atoms with E-state index in [4.69, 9.17) is 0 Å². The van der Waals surface area contributed by atoms with E-state index in [2.05, 4.69) is 32.6 Å². The first-order valence-corrected chi connectivity index (χ1v) is 15.4. The van der Waals surface area contributed by atoms with Crippen LogP contribution in [-0.2, 0) is 0 Å². The normalized spacial score (nSPS) is 11.3. The molecule has 124 valence electrons. The van der Waals surface area contributed by atoms with Crippen LogP contribution in [0.4, 0.5) is 0 Å². The number of unbranched alkanes of at least 4 members (excludes halogenated alkanes) is 10. The monoisotopic (exact) mass is 424 g/mol. The van der Waals surface area contributed by atoms with Crippen LogP contribution in [0.25, 0.3) is 0 Å². The average molecular weight is 422 g/mol. The van der Waals surface area contributed by atoms with Gasteiger partial charge in [0.1, 0.15) is 0 Å². The fourth-order valence-corrected chi connectivity index (χ4v) is 8.10. The standard InChI is InChI=1S/C19H36Se2/c1-4-6-8-10-12-13-15-17-19(3)21-20-18-16-14-11-9-7-5-2/h15,17H,3-14,16,18H2,1-2H3/b17-15+. The van der Waals surface area contributed by atoms with Gasteiger partial charge in [-0.05, 0) is 0 Å². The van der Waals surface area contributed by atoms with Gasteiger partial charge in [-0.2, -0.15) is 0 Å². The molecule has 0 fully saturated rings. The van der Waals surface area contributed by atoms with Gasteiger partial charge in [0.15, 0.2) is 0 Å². The van der Waals surface area contributed by atoms with E-state index in [1.807, 2.05) is 0 Å². The van der Waals surface area contributed by atoms with Crippen LogP contribution in [0.2, 0.25) is 5.32 Å². The summed E-state index contributed by atoms with van der Waals surface area (Å²) in [6, 6.07) is 0. The Hall–Kier alpha value is 0.519. The quantitative estimate of drug-likeness (QED) is 0.151. The molecule has 0 aromatic rings. The van der Waals surface area contributed by atoms with Crippen molar-refractivity contribution >= 4 is 26.3 Å². The zero-order chi connectivity index (χ0) is 15.6. The van der Waals surface area contributed by atoms with Crippen molar-refractivity contribution in [3.8, 4) is 0 Å². The number of hydrogen-bond acceptors (Lipinski definition) is 0. The van der Waals surface area contributed by atoms with Gasteiger partial charge in [-0.3, -0.25) is 0 Å². The molecular formula is C19H36Se2. The summed E-state index contributed by atoms with van der Waals surface area (Å²) in [5.74, 6) is 0. The Balaban J connectivity index is 3.26. The summed E-state index contributed by atoms with van der Waals surface area (Å²) < 4.78 is 1.42. The van der Waals surface area contributed by atoms with E-state index in [1.165, 1.54) is 86.8 Å². The van der Waals surface area contributed by atoms with Crippen LogP contribution in [0, 0.1) is 0 Å². The van der Waals surface area contributed by atoms with Crippen LogP contribution < -0.4 is 0 Å². The second-order valence-corrected chi connectivity index (χ2v) is 12.9. The third-order valence-corrected chi connectivity index (χ3v) is 10.9. The third kappa shape index (κ3) is 18.5. The summed E-state index contributed by atoms with van der Waals surface area (Å²) in [5, 5.41) is 1.48. The van der Waals surface area contributed by atoms with Crippen LogP contribution in [0.3, 0.4) is 0 Å². The average Bonchev–Trinajstić information content (AvgIpc) is 2.49. The van der Waals surface area contributed by atoms with Gasteiger partial charge in [0.2, 0.25) is 0 Å². The second-order valence-electron chi connectivity index (χ2n) is 5.74. The van der Waals surface area contributed by atoms with Gasteiger partial charge in [-0.15, -0.1) is 0 Å². The number of rotatable bonds is 16. The molecule has 2 heteroatoms. The molecule has 0 heterocycles. The molecule has 0 nitrogen and oxygen atoms in total. The van der Waals surface area contributed by atoms with Gasteiger partial charge in [0.25, 0.3) is 0 Å². The Morgan fingerprint density at radius 1 is 0.810 bits per heavy atom. The summed E-state index contributed by atoms with van der Waals surface area (Å²) >= 11 is 1.55. The van der Waals surface area contributed by atoms with Crippen molar-refractivity contribution in [3.63, 3.8) is 0 Å². The van der Waals surface area contributed by atoms with Crippen molar-refractivity contribution in [2.24, 2.45) is 0 Å². The van der Waals surface area contributed by atoms with Crippen molar-refractivity contribution < 1.29 is 0 Å². The molecular weight excluding hydrogens is 386 g/mol. The van der Waals surface area contributed by atoms with Crippen molar-refractivity contribution in [1.29, 1.82) is 0 Å². The Bertz CT molecular complexity index is 246. The third-order valence-electron chi connectivity index (χ3n) is 3.53. The zero-order valence-corrected chi connectivity index (χ0v) is 17.8. The number of hydrogen-bond donors (Lipinski definition) is 0. The van der Waals surface area contributed by atoms with Crippen LogP contribution in [0.5, 0.6) is 0 Å². The molecule has 0 radical (unpaired) electrons. The topological polar surface area (TPSA) is 0 Å². The molecule has 0 saturated carbocycles. The molecule has 0 aliphatic carbocycles. The van der Waals surface area contributed by atoms with E-state index < -0.39 is 0 Å². The number of allylic oxidation sites excluding steroid dienone is 3. The molecule has 0 amide bonds. The van der Waals surface area contributed by atoms with Gasteiger partial charge in [-0.1, -0.05) is 0 Å². The first-order valence-electron chi connectivity index (χ1n) is 8.96. The Kier molecular flexibility index (Phi) is 19.0. The van der Waals surface area contributed by atoms with Crippen LogP contribution >= 0.6 is 0 Å². The van der Waals surface area contributed by atoms with Crippen molar-refractivity contribution in [3.05, 3.63) is 23.2 Å². The molecule has 0 aliphatic rings. The predicted molar refractivity (Wildman–Crippen MR) is 101 cm³/mol. The molecule has 0 aromatic carbocycles. The maximum absolute atomic E-state index is 4.22. The van der Waals surface area contributed by atoms with Gasteiger partial charge in [-0.25, -0.2) is 0 Å². The van der Waals surface area contributed by atoms with Gasteiger partial charge >= 0.3 is 146 Å². The van der Waals surface area contributed by atoms with E-state index in [-0.39, 0.29) is 0 Å². The SMILES string of the molecule is C=C(/C=C/CCCCCCC)[Se][Se]CCCCCCCC. The zero-order valence-electron chi connectivity index (χ0n) is 14.4. The van der Waals surface area contributed by atoms with E-state index in [1.54, 1.807) is 0 Å². The molecule has 0 aliphatic heterocycles. The summed E-state index contributed by atoms with van der Waals surface area (Å²) in [7, 11) is 0. The summed E-state index contributed by atoms with van der Waals surface area (Å²) in [5.41, 5.74) is 0. The molecule has 21 heavy (non-hydrogen) atoms. The first-order chi connectivity index (χ1) is 10.3. The fourth-order valence-electron chi connectivity index (χ4n) is 2.17. The molecule has 0 spiro atoms. The molecule has 0 N–H and O–H groups in total. The van der Waals surface area contributed by atoms with Crippen LogP contribution in [0.15, 0.2) is 23.2 Å². The molecule has 0 unspecified atom stereocenters. The molecule has 0 rings (SSSR count). The molecule has 0 aromatic heterocycles. The van der Waals surface area contributed by atoms with E-state index in [9.17, 15) is 0 Å². The second kappa shape index (κ2) is 18.6. The van der Waals surface area contributed by atoms with Crippen molar-refractivity contribution in [2.45, 2.75) is 96.2 Å². The molecule has 0 bridgehead atoms. The minimum atomic E-state index is 0.704. The molecule has 0 saturated heterocycles. The van der Waals surface area contributed by atoms with Crippen LogP contribution in [0.1, 0.15) is 90.9 Å². The minimum absolute atomic E-state index is 0.704. The molecule has 0 atom stereocenters. The first kappa shape index (κ1) is 21.5. The maximum atomic E-state index is 4.22. The van der Waals surface area contributed by atoms with Gasteiger partial charge < -0.3 is 0 Å². The fraction of sp³-hybridized carbons (Fsp3) is 0.789. The predicted octanol–water partition coefficient (Wildman–Crippen LogP) is 6.52. The van der Waals surface area contributed by atoms with Gasteiger partial charge in [0.05, 0.1) is 0 Å². The van der Waals surface area contributed by atoms with Crippen LogP contribution in [-0.4, -0.2) is 26.3 Å². The van der Waals surface area contributed by atoms with Gasteiger partial charge in [0, 0.05) is 0 Å². The Morgan fingerprint density at radius 2 is 1.38 bits per heavy atom. The van der Waals surface area contributed by atoms with E-state index >= 15 is 0 Å². The summed E-state index contributed by atoms with van der Waals surface area (Å²) in [6.45, 7) is 8.78. The summed E-state index contributed by atoms with van der Waals surface area (Å²) in [6.07, 6.45) is 21.4. The van der Waals surface area contributed by atoms with E-state index in [0.29, 0.717) is 13.1 Å². The summed E-state index contributed by atoms with van der Waals surface area (Å²) in [4.78, 5) is 0. The Morgan fingerprint density at radius 3 is 2.05 bits per heavy atom. The Labute approximate surface area is 145 Å².